The van der Waals surface area contributed by atoms with Gasteiger partial charge in [-0.05, 0) is 19.3 Å². The maximum atomic E-state index is 15.5. The Morgan fingerprint density at radius 1 is 0.767 bits per heavy atom. The van der Waals surface area contributed by atoms with Crippen molar-refractivity contribution in [3.8, 4) is 0 Å². The fourth-order valence-electron chi connectivity index (χ4n) is 3.75. The Balaban J connectivity index is 3.20. The average Bonchev–Trinajstić information content (AvgIpc) is 2.72. The van der Waals surface area contributed by atoms with Crippen LogP contribution in [0.2, 0.25) is 0 Å². The van der Waals surface area contributed by atoms with Crippen molar-refractivity contribution in [2.75, 3.05) is 46.9 Å². The van der Waals surface area contributed by atoms with Crippen LogP contribution in [0, 0.1) is 11.8 Å². The second kappa shape index (κ2) is 15.4. The molecule has 0 amide bonds. The molecule has 1 N–H and O–H groups in total. The van der Waals surface area contributed by atoms with E-state index in [9.17, 15) is 5.11 Å². The summed E-state index contributed by atoms with van der Waals surface area (Å²) < 4.78 is 59.3. The first-order valence-electron chi connectivity index (χ1n) is 11.4. The summed E-state index contributed by atoms with van der Waals surface area (Å²) in [6.07, 6.45) is 2.50. The standard InChI is InChI=1S/C22H42F2O6/c1-5-8-11-28-19-17(14-25)22(23,24)18(15-27-16-26-4)20(29-12-9-6-2)21(19)30-13-10-7-3/h17-21,25H,5-16H2,1-4H3/t17-,18+,19-,20+,21+/m1/s1. The van der Waals surface area contributed by atoms with E-state index in [0.717, 1.165) is 38.5 Å². The van der Waals surface area contributed by atoms with Crippen molar-refractivity contribution in [2.24, 2.45) is 11.8 Å². The molecule has 1 saturated carbocycles. The molecule has 0 aliphatic heterocycles. The second-order valence-electron chi connectivity index (χ2n) is 7.91. The molecule has 0 aromatic carbocycles. The fraction of sp³-hybridized carbons (Fsp3) is 1.00. The van der Waals surface area contributed by atoms with E-state index in [4.69, 9.17) is 23.7 Å². The predicted octanol–water partition coefficient (Wildman–Crippen LogP) is 4.04. The molecular formula is C22H42F2O6. The maximum Gasteiger partial charge on any atom is 0.263 e. The first-order valence-corrected chi connectivity index (χ1v) is 11.4. The zero-order chi connectivity index (χ0) is 22.4. The average molecular weight is 441 g/mol. The van der Waals surface area contributed by atoms with Crippen LogP contribution in [0.5, 0.6) is 0 Å². The van der Waals surface area contributed by atoms with Gasteiger partial charge in [0, 0.05) is 26.9 Å². The van der Waals surface area contributed by atoms with Gasteiger partial charge in [-0.15, -0.1) is 0 Å². The van der Waals surface area contributed by atoms with Crippen LogP contribution in [0.1, 0.15) is 59.3 Å². The number of alkyl halides is 2. The maximum absolute atomic E-state index is 15.5. The van der Waals surface area contributed by atoms with E-state index < -0.39 is 42.7 Å². The number of unbranched alkanes of at least 4 members (excludes halogenated alkanes) is 3. The molecule has 0 aromatic heterocycles. The van der Waals surface area contributed by atoms with E-state index in [0.29, 0.717) is 19.8 Å². The summed E-state index contributed by atoms with van der Waals surface area (Å²) in [7, 11) is 1.44. The molecule has 180 valence electrons. The molecule has 0 unspecified atom stereocenters. The summed E-state index contributed by atoms with van der Waals surface area (Å²) in [5.41, 5.74) is 0. The molecule has 1 aliphatic carbocycles. The molecule has 8 heteroatoms. The van der Waals surface area contributed by atoms with E-state index >= 15 is 8.78 Å². The third kappa shape index (κ3) is 7.95. The Morgan fingerprint density at radius 2 is 1.23 bits per heavy atom. The third-order valence-corrected chi connectivity index (χ3v) is 5.55. The Morgan fingerprint density at radius 3 is 1.67 bits per heavy atom. The number of aliphatic hydroxyl groups is 1. The summed E-state index contributed by atoms with van der Waals surface area (Å²) in [4.78, 5) is 0. The van der Waals surface area contributed by atoms with E-state index in [-0.39, 0.29) is 13.4 Å². The lowest BCUT2D eigenvalue weighted by Gasteiger charge is -2.50. The summed E-state index contributed by atoms with van der Waals surface area (Å²) in [6.45, 7) is 6.17. The van der Waals surface area contributed by atoms with Gasteiger partial charge in [-0.25, -0.2) is 8.78 Å². The lowest BCUT2D eigenvalue weighted by molar-refractivity contribution is -0.289. The van der Waals surface area contributed by atoms with Crippen LogP contribution >= 0.6 is 0 Å². The van der Waals surface area contributed by atoms with Gasteiger partial charge < -0.3 is 28.8 Å². The molecule has 0 radical (unpaired) electrons. The molecule has 0 bridgehead atoms. The molecule has 0 spiro atoms. The van der Waals surface area contributed by atoms with Gasteiger partial charge >= 0.3 is 0 Å². The van der Waals surface area contributed by atoms with Crippen molar-refractivity contribution in [1.29, 1.82) is 0 Å². The quantitative estimate of drug-likeness (QED) is 0.272. The number of halogens is 2. The van der Waals surface area contributed by atoms with E-state index in [1.807, 2.05) is 20.8 Å². The summed E-state index contributed by atoms with van der Waals surface area (Å²) in [6, 6.07) is 0. The SMILES string of the molecule is CCCCO[C@@H]1[C@@H](OCCCC)[C@H](COCOC)C(F)(F)[C@H](CO)[C@H]1OCCCC. The lowest BCUT2D eigenvalue weighted by Crippen LogP contribution is -2.65. The minimum atomic E-state index is -3.24. The first-order chi connectivity index (χ1) is 14.5. The van der Waals surface area contributed by atoms with Crippen LogP contribution in [-0.2, 0) is 23.7 Å². The molecule has 1 rings (SSSR count). The Bertz CT molecular complexity index is 426. The molecule has 0 saturated heterocycles. The first kappa shape index (κ1) is 27.7. The molecule has 0 aromatic rings. The van der Waals surface area contributed by atoms with Crippen molar-refractivity contribution < 1.29 is 37.6 Å². The monoisotopic (exact) mass is 440 g/mol. The fourth-order valence-corrected chi connectivity index (χ4v) is 3.75. The van der Waals surface area contributed by atoms with Crippen LogP contribution in [0.15, 0.2) is 0 Å². The van der Waals surface area contributed by atoms with Crippen LogP contribution in [0.4, 0.5) is 8.78 Å². The highest BCUT2D eigenvalue weighted by Gasteiger charge is 2.62. The van der Waals surface area contributed by atoms with Gasteiger partial charge in [-0.1, -0.05) is 40.0 Å². The predicted molar refractivity (Wildman–Crippen MR) is 111 cm³/mol. The minimum absolute atomic E-state index is 0.0875. The van der Waals surface area contributed by atoms with Gasteiger partial charge in [0.15, 0.2) is 0 Å². The van der Waals surface area contributed by atoms with Crippen molar-refractivity contribution in [3.63, 3.8) is 0 Å². The van der Waals surface area contributed by atoms with Crippen molar-refractivity contribution >= 4 is 0 Å². The van der Waals surface area contributed by atoms with Gasteiger partial charge in [0.05, 0.1) is 37.3 Å². The zero-order valence-corrected chi connectivity index (χ0v) is 19.1. The molecular weight excluding hydrogens is 398 g/mol. The smallest absolute Gasteiger partial charge is 0.263 e. The molecule has 5 atom stereocenters. The van der Waals surface area contributed by atoms with Gasteiger partial charge in [-0.2, -0.15) is 0 Å². The second-order valence-corrected chi connectivity index (χ2v) is 7.91. The van der Waals surface area contributed by atoms with Crippen LogP contribution < -0.4 is 0 Å². The van der Waals surface area contributed by atoms with Gasteiger partial charge in [0.25, 0.3) is 5.92 Å². The third-order valence-electron chi connectivity index (χ3n) is 5.55. The number of aliphatic hydroxyl groups excluding tert-OH is 1. The van der Waals surface area contributed by atoms with Crippen LogP contribution in [0.3, 0.4) is 0 Å². The number of rotatable bonds is 17. The van der Waals surface area contributed by atoms with Crippen molar-refractivity contribution in [1.82, 2.24) is 0 Å². The molecule has 30 heavy (non-hydrogen) atoms. The van der Waals surface area contributed by atoms with Crippen LogP contribution in [-0.4, -0.2) is 76.3 Å². The molecule has 0 heterocycles. The van der Waals surface area contributed by atoms with Crippen molar-refractivity contribution in [3.05, 3.63) is 0 Å². The van der Waals surface area contributed by atoms with Gasteiger partial charge in [0.2, 0.25) is 0 Å². The summed E-state index contributed by atoms with van der Waals surface area (Å²) in [5.74, 6) is -5.89. The Labute approximate surface area is 180 Å². The highest BCUT2D eigenvalue weighted by molar-refractivity contribution is 5.04. The van der Waals surface area contributed by atoms with Crippen LogP contribution in [0.25, 0.3) is 0 Å². The van der Waals surface area contributed by atoms with E-state index in [1.54, 1.807) is 0 Å². The number of hydrogen-bond donors (Lipinski definition) is 1. The zero-order valence-electron chi connectivity index (χ0n) is 19.1. The molecule has 1 aliphatic rings. The van der Waals surface area contributed by atoms with E-state index in [1.165, 1.54) is 7.11 Å². The largest absolute Gasteiger partial charge is 0.396 e. The summed E-state index contributed by atoms with van der Waals surface area (Å²) in [5, 5.41) is 9.91. The highest BCUT2D eigenvalue weighted by atomic mass is 19.3. The highest BCUT2D eigenvalue weighted by Crippen LogP contribution is 2.46. The number of methoxy groups -OCH3 is 1. The Kier molecular flexibility index (Phi) is 14.2. The van der Waals surface area contributed by atoms with Gasteiger partial charge in [0.1, 0.15) is 12.9 Å². The topological polar surface area (TPSA) is 66.4 Å². The Hall–Kier alpha value is -0.380. The normalized spacial score (nSPS) is 28.7. The molecule has 6 nitrogen and oxygen atoms in total. The van der Waals surface area contributed by atoms with E-state index in [2.05, 4.69) is 0 Å². The summed E-state index contributed by atoms with van der Waals surface area (Å²) >= 11 is 0. The number of ether oxygens (including phenoxy) is 5. The minimum Gasteiger partial charge on any atom is -0.396 e. The van der Waals surface area contributed by atoms with Gasteiger partial charge in [-0.3, -0.25) is 0 Å². The van der Waals surface area contributed by atoms with Crippen molar-refractivity contribution in [2.45, 2.75) is 83.5 Å². The number of hydrogen-bond acceptors (Lipinski definition) is 6. The molecule has 1 fully saturated rings. The lowest BCUT2D eigenvalue weighted by atomic mass is 9.72.